The number of nitrogens with zero attached hydrogens (tertiary/aromatic N) is 1. The van der Waals surface area contributed by atoms with Crippen molar-refractivity contribution in [3.8, 4) is 6.07 Å². The van der Waals surface area contributed by atoms with E-state index < -0.39 is 5.41 Å². The first-order chi connectivity index (χ1) is 6.73. The standard InChI is InChI=1S/C11H15NO2/c1-2-14-10(13)11(7-12)6-8-3-4-9(11)5-8/h8-9H,2-6H2,1H3/t8-,9-,11+/m1/s1. The van der Waals surface area contributed by atoms with Crippen LogP contribution in [0, 0.1) is 28.6 Å². The summed E-state index contributed by atoms with van der Waals surface area (Å²) in [6.45, 7) is 2.16. The van der Waals surface area contributed by atoms with Gasteiger partial charge in [0, 0.05) is 0 Å². The van der Waals surface area contributed by atoms with Gasteiger partial charge in [-0.25, -0.2) is 0 Å². The van der Waals surface area contributed by atoms with Crippen LogP contribution in [0.3, 0.4) is 0 Å². The van der Waals surface area contributed by atoms with Crippen LogP contribution < -0.4 is 0 Å². The van der Waals surface area contributed by atoms with E-state index in [4.69, 9.17) is 4.74 Å². The van der Waals surface area contributed by atoms with Gasteiger partial charge in [0.05, 0.1) is 12.7 Å². The van der Waals surface area contributed by atoms with Crippen LogP contribution in [0.2, 0.25) is 0 Å². The Hall–Kier alpha value is -1.04. The van der Waals surface area contributed by atoms with Gasteiger partial charge >= 0.3 is 5.97 Å². The second-order valence-corrected chi connectivity index (χ2v) is 4.38. The number of carbonyl (C=O) groups excluding carboxylic acids is 1. The van der Waals surface area contributed by atoms with Crippen molar-refractivity contribution in [1.82, 2.24) is 0 Å². The van der Waals surface area contributed by atoms with Crippen molar-refractivity contribution >= 4 is 5.97 Å². The van der Waals surface area contributed by atoms with E-state index in [1.807, 2.05) is 0 Å². The molecule has 3 nitrogen and oxygen atoms in total. The number of esters is 1. The maximum absolute atomic E-state index is 11.7. The van der Waals surface area contributed by atoms with E-state index in [9.17, 15) is 10.1 Å². The third-order valence-electron chi connectivity index (χ3n) is 3.69. The van der Waals surface area contributed by atoms with Gasteiger partial charge in [-0.3, -0.25) is 4.79 Å². The molecule has 2 fully saturated rings. The number of hydrogen-bond donors (Lipinski definition) is 0. The van der Waals surface area contributed by atoms with E-state index in [1.54, 1.807) is 6.92 Å². The minimum absolute atomic E-state index is 0.261. The van der Waals surface area contributed by atoms with Crippen molar-refractivity contribution in [2.45, 2.75) is 32.6 Å². The average molecular weight is 193 g/mol. The average Bonchev–Trinajstić information content (AvgIpc) is 2.77. The second-order valence-electron chi connectivity index (χ2n) is 4.38. The number of nitriles is 1. The molecule has 0 aromatic heterocycles. The highest BCUT2D eigenvalue weighted by Gasteiger charge is 2.57. The Morgan fingerprint density at radius 1 is 1.64 bits per heavy atom. The van der Waals surface area contributed by atoms with Crippen LogP contribution in [0.1, 0.15) is 32.6 Å². The fourth-order valence-electron chi connectivity index (χ4n) is 3.02. The van der Waals surface area contributed by atoms with Gasteiger partial charge < -0.3 is 4.74 Å². The zero-order valence-electron chi connectivity index (χ0n) is 8.45. The van der Waals surface area contributed by atoms with Crippen LogP contribution in [0.15, 0.2) is 0 Å². The topological polar surface area (TPSA) is 50.1 Å². The monoisotopic (exact) mass is 193 g/mol. The quantitative estimate of drug-likeness (QED) is 0.629. The predicted molar refractivity (Wildman–Crippen MR) is 50.1 cm³/mol. The molecule has 0 spiro atoms. The van der Waals surface area contributed by atoms with Crippen LogP contribution >= 0.6 is 0 Å². The Morgan fingerprint density at radius 3 is 2.86 bits per heavy atom. The van der Waals surface area contributed by atoms with Gasteiger partial charge in [-0.2, -0.15) is 5.26 Å². The molecule has 0 N–H and O–H groups in total. The molecule has 0 amide bonds. The first-order valence-electron chi connectivity index (χ1n) is 5.31. The fraction of sp³-hybridized carbons (Fsp3) is 0.818. The zero-order valence-corrected chi connectivity index (χ0v) is 8.45. The summed E-state index contributed by atoms with van der Waals surface area (Å²) < 4.78 is 5.01. The normalized spacial score (nSPS) is 39.4. The summed E-state index contributed by atoms with van der Waals surface area (Å²) in [4.78, 5) is 11.7. The summed E-state index contributed by atoms with van der Waals surface area (Å²) in [7, 11) is 0. The Bertz CT molecular complexity index is 294. The molecule has 0 aromatic carbocycles. The van der Waals surface area contributed by atoms with Gasteiger partial charge in [0.15, 0.2) is 5.41 Å². The lowest BCUT2D eigenvalue weighted by atomic mass is 9.74. The van der Waals surface area contributed by atoms with Crippen molar-refractivity contribution in [2.24, 2.45) is 17.3 Å². The minimum atomic E-state index is -0.793. The Balaban J connectivity index is 2.20. The second kappa shape index (κ2) is 3.27. The number of carbonyl (C=O) groups is 1. The Morgan fingerprint density at radius 2 is 2.43 bits per heavy atom. The molecule has 3 heteroatoms. The van der Waals surface area contributed by atoms with Crippen LogP contribution in [0.25, 0.3) is 0 Å². The first-order valence-corrected chi connectivity index (χ1v) is 5.31. The molecule has 14 heavy (non-hydrogen) atoms. The third-order valence-corrected chi connectivity index (χ3v) is 3.69. The van der Waals surface area contributed by atoms with E-state index in [2.05, 4.69) is 6.07 Å². The maximum Gasteiger partial charge on any atom is 0.326 e. The molecule has 0 aromatic rings. The molecule has 2 saturated carbocycles. The highest BCUT2D eigenvalue weighted by molar-refractivity contribution is 5.81. The lowest BCUT2D eigenvalue weighted by Gasteiger charge is -2.28. The minimum Gasteiger partial charge on any atom is -0.465 e. The van der Waals surface area contributed by atoms with Crippen molar-refractivity contribution in [3.63, 3.8) is 0 Å². The van der Waals surface area contributed by atoms with Crippen LogP contribution in [-0.4, -0.2) is 12.6 Å². The maximum atomic E-state index is 11.7. The summed E-state index contributed by atoms with van der Waals surface area (Å²) in [5.74, 6) is 0.565. The zero-order chi connectivity index (χ0) is 10.2. The fourth-order valence-corrected chi connectivity index (χ4v) is 3.02. The first kappa shape index (κ1) is 9.51. The van der Waals surface area contributed by atoms with E-state index >= 15 is 0 Å². The smallest absolute Gasteiger partial charge is 0.326 e. The lowest BCUT2D eigenvalue weighted by molar-refractivity contribution is -0.154. The van der Waals surface area contributed by atoms with E-state index in [1.165, 1.54) is 6.42 Å². The van der Waals surface area contributed by atoms with Gasteiger partial charge in [-0.15, -0.1) is 0 Å². The predicted octanol–water partition coefficient (Wildman–Crippen LogP) is 1.88. The SMILES string of the molecule is CCOC(=O)[C@]1(C#N)C[C@@H]2CC[C@@H]1C2. The van der Waals surface area contributed by atoms with E-state index in [0.29, 0.717) is 12.5 Å². The van der Waals surface area contributed by atoms with Gasteiger partial charge in [0.1, 0.15) is 0 Å². The summed E-state index contributed by atoms with van der Waals surface area (Å²) >= 11 is 0. The number of hydrogen-bond acceptors (Lipinski definition) is 3. The molecule has 0 aliphatic heterocycles. The van der Waals surface area contributed by atoms with E-state index in [-0.39, 0.29) is 11.9 Å². The van der Waals surface area contributed by atoms with Crippen molar-refractivity contribution in [1.29, 1.82) is 5.26 Å². The Kier molecular flexibility index (Phi) is 2.22. The highest BCUT2D eigenvalue weighted by Crippen LogP contribution is 2.56. The molecule has 2 rings (SSSR count). The van der Waals surface area contributed by atoms with Crippen molar-refractivity contribution in [2.75, 3.05) is 6.61 Å². The van der Waals surface area contributed by atoms with Gasteiger partial charge in [-0.1, -0.05) is 6.42 Å². The molecular formula is C11H15NO2. The third kappa shape index (κ3) is 1.13. The molecule has 76 valence electrons. The largest absolute Gasteiger partial charge is 0.465 e. The van der Waals surface area contributed by atoms with Gasteiger partial charge in [0.2, 0.25) is 0 Å². The van der Waals surface area contributed by atoms with Crippen molar-refractivity contribution in [3.05, 3.63) is 0 Å². The van der Waals surface area contributed by atoms with E-state index in [0.717, 1.165) is 19.3 Å². The van der Waals surface area contributed by atoms with Crippen LogP contribution in [0.4, 0.5) is 0 Å². The summed E-state index contributed by atoms with van der Waals surface area (Å²) in [6.07, 6.45) is 3.99. The molecule has 2 aliphatic rings. The van der Waals surface area contributed by atoms with Crippen molar-refractivity contribution < 1.29 is 9.53 Å². The van der Waals surface area contributed by atoms with Gasteiger partial charge in [-0.05, 0) is 38.0 Å². The molecule has 0 saturated heterocycles. The molecule has 2 aliphatic carbocycles. The number of ether oxygens (including phenoxy) is 1. The molecule has 2 bridgehead atoms. The number of rotatable bonds is 2. The molecule has 0 radical (unpaired) electrons. The lowest BCUT2D eigenvalue weighted by Crippen LogP contribution is -2.36. The van der Waals surface area contributed by atoms with Crippen LogP contribution in [-0.2, 0) is 9.53 Å². The summed E-state index contributed by atoms with van der Waals surface area (Å²) in [5.41, 5.74) is -0.793. The highest BCUT2D eigenvalue weighted by atomic mass is 16.5. The molecule has 0 unspecified atom stereocenters. The van der Waals surface area contributed by atoms with Crippen LogP contribution in [0.5, 0.6) is 0 Å². The molecular weight excluding hydrogens is 178 g/mol. The summed E-state index contributed by atoms with van der Waals surface area (Å²) in [5, 5.41) is 9.18. The Labute approximate surface area is 84.0 Å². The number of fused-ring (bicyclic) bond motifs is 2. The molecule has 3 atom stereocenters. The summed E-state index contributed by atoms with van der Waals surface area (Å²) in [6, 6.07) is 2.22. The molecule has 0 heterocycles. The van der Waals surface area contributed by atoms with Gasteiger partial charge in [0.25, 0.3) is 0 Å².